The van der Waals surface area contributed by atoms with E-state index in [0.717, 1.165) is 24.5 Å². The topological polar surface area (TPSA) is 53.2 Å². The van der Waals surface area contributed by atoms with E-state index in [0.29, 0.717) is 29.3 Å². The van der Waals surface area contributed by atoms with Crippen molar-refractivity contribution in [2.45, 2.75) is 45.1 Å². The summed E-state index contributed by atoms with van der Waals surface area (Å²) in [6, 6.07) is 6.18. The number of carbonyl (C=O) groups is 1. The minimum atomic E-state index is 0.0733. The summed E-state index contributed by atoms with van der Waals surface area (Å²) < 4.78 is 0. The highest BCUT2D eigenvalue weighted by atomic mass is 35.5. The molecule has 1 aliphatic heterocycles. The average Bonchev–Trinajstić information content (AvgIpc) is 3.35. The quantitative estimate of drug-likeness (QED) is 0.739. The first kappa shape index (κ1) is 16.6. The van der Waals surface area contributed by atoms with Crippen molar-refractivity contribution in [3.05, 3.63) is 23.2 Å². The molecular weight excluding hydrogens is 310 g/mol. The number of hydrogen-bond donors (Lipinski definition) is 3. The number of carbonyl (C=O) groups excluding carboxylic acids is 1. The zero-order chi connectivity index (χ0) is 16.2. The molecule has 3 rings (SSSR count). The molecule has 0 radical (unpaired) electrons. The first-order valence-corrected chi connectivity index (χ1v) is 9.06. The van der Waals surface area contributed by atoms with Crippen molar-refractivity contribution in [2.75, 3.05) is 23.7 Å². The molecule has 1 aliphatic carbocycles. The molecule has 2 unspecified atom stereocenters. The lowest BCUT2D eigenvalue weighted by Gasteiger charge is -2.28. The van der Waals surface area contributed by atoms with Crippen LogP contribution in [-0.4, -0.2) is 25.0 Å². The van der Waals surface area contributed by atoms with Crippen molar-refractivity contribution < 1.29 is 4.79 Å². The van der Waals surface area contributed by atoms with Crippen molar-refractivity contribution in [3.8, 4) is 0 Å². The van der Waals surface area contributed by atoms with E-state index in [1.54, 1.807) is 0 Å². The molecule has 1 saturated heterocycles. The van der Waals surface area contributed by atoms with Gasteiger partial charge >= 0.3 is 0 Å². The molecular formula is C18H26ClN3O. The Hall–Kier alpha value is -1.26. The highest BCUT2D eigenvalue weighted by molar-refractivity contribution is 6.31. The molecule has 1 aromatic rings. The van der Waals surface area contributed by atoms with Crippen LogP contribution in [0, 0.1) is 11.8 Å². The molecule has 0 bridgehead atoms. The van der Waals surface area contributed by atoms with Gasteiger partial charge in [-0.15, -0.1) is 0 Å². The van der Waals surface area contributed by atoms with Gasteiger partial charge < -0.3 is 16.0 Å². The number of anilines is 2. The second-order valence-electron chi connectivity index (χ2n) is 6.94. The number of benzene rings is 1. The van der Waals surface area contributed by atoms with E-state index in [-0.39, 0.29) is 5.91 Å². The molecule has 4 nitrogen and oxygen atoms in total. The molecule has 1 heterocycles. The molecule has 2 fully saturated rings. The van der Waals surface area contributed by atoms with Crippen LogP contribution in [0.4, 0.5) is 11.4 Å². The maximum absolute atomic E-state index is 12.4. The van der Waals surface area contributed by atoms with Gasteiger partial charge in [-0.05, 0) is 68.8 Å². The number of piperidine rings is 1. The predicted molar refractivity (Wildman–Crippen MR) is 96.1 cm³/mol. The summed E-state index contributed by atoms with van der Waals surface area (Å²) in [5.74, 6) is 1.06. The van der Waals surface area contributed by atoms with Gasteiger partial charge in [-0.3, -0.25) is 4.79 Å². The fraction of sp³-hybridized carbons (Fsp3) is 0.611. The summed E-state index contributed by atoms with van der Waals surface area (Å²) in [5.41, 5.74) is 1.76. The van der Waals surface area contributed by atoms with Crippen LogP contribution < -0.4 is 16.0 Å². The second-order valence-corrected chi connectivity index (χ2v) is 7.38. The summed E-state index contributed by atoms with van der Waals surface area (Å²) in [7, 11) is 0. The zero-order valence-electron chi connectivity index (χ0n) is 13.7. The highest BCUT2D eigenvalue weighted by Gasteiger charge is 2.24. The Labute approximate surface area is 143 Å². The third-order valence-electron chi connectivity index (χ3n) is 4.84. The Bertz CT molecular complexity index is 553. The van der Waals surface area contributed by atoms with Crippen LogP contribution in [0.15, 0.2) is 18.2 Å². The third-order valence-corrected chi connectivity index (χ3v) is 5.07. The largest absolute Gasteiger partial charge is 0.381 e. The minimum Gasteiger partial charge on any atom is -0.381 e. The molecule has 1 amide bonds. The van der Waals surface area contributed by atoms with Crippen molar-refractivity contribution >= 4 is 28.9 Å². The van der Waals surface area contributed by atoms with Crippen LogP contribution >= 0.6 is 11.6 Å². The first-order valence-electron chi connectivity index (χ1n) is 8.68. The SMILES string of the molecule is CC(CC(=O)Nc1cc(Cl)ccc1NC1CC1)C1CCCNC1. The van der Waals surface area contributed by atoms with E-state index in [2.05, 4.69) is 22.9 Å². The fourth-order valence-corrected chi connectivity index (χ4v) is 3.39. The fourth-order valence-electron chi connectivity index (χ4n) is 3.22. The molecule has 2 atom stereocenters. The van der Waals surface area contributed by atoms with Gasteiger partial charge in [-0.2, -0.15) is 0 Å². The smallest absolute Gasteiger partial charge is 0.224 e. The van der Waals surface area contributed by atoms with E-state index >= 15 is 0 Å². The van der Waals surface area contributed by atoms with Crippen LogP contribution in [0.5, 0.6) is 0 Å². The number of nitrogens with one attached hydrogen (secondary N) is 3. The zero-order valence-corrected chi connectivity index (χ0v) is 14.5. The van der Waals surface area contributed by atoms with Crippen molar-refractivity contribution in [2.24, 2.45) is 11.8 Å². The lowest BCUT2D eigenvalue weighted by Crippen LogP contribution is -2.34. The van der Waals surface area contributed by atoms with E-state index in [9.17, 15) is 4.79 Å². The maximum Gasteiger partial charge on any atom is 0.224 e. The number of amides is 1. The first-order chi connectivity index (χ1) is 11.1. The molecule has 2 aliphatic rings. The van der Waals surface area contributed by atoms with Crippen LogP contribution in [0.1, 0.15) is 39.0 Å². The van der Waals surface area contributed by atoms with Gasteiger partial charge in [-0.25, -0.2) is 0 Å². The van der Waals surface area contributed by atoms with Gasteiger partial charge in [-0.1, -0.05) is 18.5 Å². The number of hydrogen-bond acceptors (Lipinski definition) is 3. The summed E-state index contributed by atoms with van der Waals surface area (Å²) in [6.07, 6.45) is 5.37. The second kappa shape index (κ2) is 7.54. The van der Waals surface area contributed by atoms with Crippen molar-refractivity contribution in [1.29, 1.82) is 0 Å². The molecule has 23 heavy (non-hydrogen) atoms. The third kappa shape index (κ3) is 4.85. The summed E-state index contributed by atoms with van der Waals surface area (Å²) >= 11 is 6.09. The Balaban J connectivity index is 1.59. The van der Waals surface area contributed by atoms with E-state index in [1.165, 1.54) is 25.7 Å². The van der Waals surface area contributed by atoms with Crippen LogP contribution in [0.25, 0.3) is 0 Å². The molecule has 3 N–H and O–H groups in total. The van der Waals surface area contributed by atoms with Gasteiger partial charge in [0.2, 0.25) is 5.91 Å². The molecule has 0 spiro atoms. The van der Waals surface area contributed by atoms with Gasteiger partial charge in [0.1, 0.15) is 0 Å². The minimum absolute atomic E-state index is 0.0733. The Morgan fingerprint density at radius 2 is 2.17 bits per heavy atom. The van der Waals surface area contributed by atoms with Crippen molar-refractivity contribution in [3.63, 3.8) is 0 Å². The summed E-state index contributed by atoms with van der Waals surface area (Å²) in [6.45, 7) is 4.31. The molecule has 5 heteroatoms. The Morgan fingerprint density at radius 3 is 2.87 bits per heavy atom. The normalized spacial score (nSPS) is 22.4. The lowest BCUT2D eigenvalue weighted by atomic mass is 9.85. The molecule has 1 saturated carbocycles. The van der Waals surface area contributed by atoms with Gasteiger partial charge in [0, 0.05) is 17.5 Å². The highest BCUT2D eigenvalue weighted by Crippen LogP contribution is 2.32. The van der Waals surface area contributed by atoms with Gasteiger partial charge in [0.05, 0.1) is 11.4 Å². The molecule has 126 valence electrons. The number of halogens is 1. The van der Waals surface area contributed by atoms with E-state index in [4.69, 9.17) is 11.6 Å². The van der Waals surface area contributed by atoms with Crippen LogP contribution in [0.2, 0.25) is 5.02 Å². The van der Waals surface area contributed by atoms with Crippen LogP contribution in [-0.2, 0) is 4.79 Å². The summed E-state index contributed by atoms with van der Waals surface area (Å²) in [4.78, 5) is 12.4. The average molecular weight is 336 g/mol. The summed E-state index contributed by atoms with van der Waals surface area (Å²) in [5, 5.41) is 10.6. The van der Waals surface area contributed by atoms with E-state index < -0.39 is 0 Å². The van der Waals surface area contributed by atoms with Crippen molar-refractivity contribution in [1.82, 2.24) is 5.32 Å². The lowest BCUT2D eigenvalue weighted by molar-refractivity contribution is -0.117. The van der Waals surface area contributed by atoms with Gasteiger partial charge in [0.25, 0.3) is 0 Å². The monoisotopic (exact) mass is 335 g/mol. The number of rotatable bonds is 6. The molecule has 0 aromatic heterocycles. The van der Waals surface area contributed by atoms with E-state index in [1.807, 2.05) is 18.2 Å². The van der Waals surface area contributed by atoms with Gasteiger partial charge in [0.15, 0.2) is 0 Å². The Kier molecular flexibility index (Phi) is 5.44. The van der Waals surface area contributed by atoms with Crippen LogP contribution in [0.3, 0.4) is 0 Å². The standard InChI is InChI=1S/C18H26ClN3O/c1-12(13-3-2-8-20-11-13)9-18(23)22-17-10-14(19)4-7-16(17)21-15-5-6-15/h4,7,10,12-13,15,20-21H,2-3,5-6,8-9,11H2,1H3,(H,22,23). The molecule has 1 aromatic carbocycles. The Morgan fingerprint density at radius 1 is 1.35 bits per heavy atom. The maximum atomic E-state index is 12.4. The predicted octanol–water partition coefficient (Wildman–Crippen LogP) is 3.88.